The molecule has 2 aromatic rings. The third-order valence-electron chi connectivity index (χ3n) is 2.63. The van der Waals surface area contributed by atoms with E-state index in [1.807, 2.05) is 19.1 Å². The molecule has 0 aliphatic carbocycles. The van der Waals surface area contributed by atoms with Crippen molar-refractivity contribution in [2.24, 2.45) is 0 Å². The monoisotopic (exact) mass is 321 g/mol. The maximum absolute atomic E-state index is 11.1. The molecule has 0 aliphatic heterocycles. The van der Waals surface area contributed by atoms with E-state index in [0.29, 0.717) is 16.8 Å². The number of nitrogens with zero attached hydrogens (tertiary/aromatic N) is 2. The van der Waals surface area contributed by atoms with Crippen LogP contribution in [0.3, 0.4) is 0 Å². The molecule has 2 heterocycles. The first kappa shape index (κ1) is 13.5. The van der Waals surface area contributed by atoms with Crippen molar-refractivity contribution in [3.8, 4) is 0 Å². The fraction of sp³-hybridized carbons (Fsp3) is 0.154. The molecule has 2 N–H and O–H groups in total. The van der Waals surface area contributed by atoms with Crippen molar-refractivity contribution in [3.63, 3.8) is 0 Å². The van der Waals surface area contributed by atoms with E-state index in [1.165, 1.54) is 6.07 Å². The van der Waals surface area contributed by atoms with Gasteiger partial charge in [-0.2, -0.15) is 0 Å². The Morgan fingerprint density at radius 2 is 2.26 bits per heavy atom. The number of carboxylic acids is 1. The lowest BCUT2D eigenvalue weighted by atomic mass is 10.2. The van der Waals surface area contributed by atoms with Crippen LogP contribution in [0.4, 0.5) is 5.82 Å². The molecule has 98 valence electrons. The van der Waals surface area contributed by atoms with E-state index in [9.17, 15) is 4.79 Å². The molecule has 0 unspecified atom stereocenters. The van der Waals surface area contributed by atoms with E-state index in [1.54, 1.807) is 12.4 Å². The Morgan fingerprint density at radius 3 is 2.95 bits per heavy atom. The number of carbonyl (C=O) groups is 1. The zero-order chi connectivity index (χ0) is 13.8. The molecule has 0 aromatic carbocycles. The first-order valence-electron chi connectivity index (χ1n) is 5.61. The van der Waals surface area contributed by atoms with E-state index in [0.717, 1.165) is 11.3 Å². The summed E-state index contributed by atoms with van der Waals surface area (Å²) in [6, 6.07) is 5.33. The second kappa shape index (κ2) is 5.79. The van der Waals surface area contributed by atoms with E-state index in [4.69, 9.17) is 5.11 Å². The molecule has 2 rings (SSSR count). The zero-order valence-corrected chi connectivity index (χ0v) is 11.8. The SMILES string of the molecule is Cc1cccnc1CNc1ncc(Br)cc1C(=O)O. The van der Waals surface area contributed by atoms with Gasteiger partial charge in [0.1, 0.15) is 11.4 Å². The quantitative estimate of drug-likeness (QED) is 0.905. The van der Waals surface area contributed by atoms with E-state index in [-0.39, 0.29) is 5.56 Å². The first-order chi connectivity index (χ1) is 9.08. The number of hydrogen-bond acceptors (Lipinski definition) is 4. The highest BCUT2D eigenvalue weighted by Gasteiger charge is 2.12. The molecule has 5 nitrogen and oxygen atoms in total. The Bertz CT molecular complexity index is 617. The second-order valence-electron chi connectivity index (χ2n) is 3.98. The molecule has 0 saturated carbocycles. The largest absolute Gasteiger partial charge is 0.478 e. The number of halogens is 1. The predicted molar refractivity (Wildman–Crippen MR) is 75.2 cm³/mol. The van der Waals surface area contributed by atoms with Crippen LogP contribution in [-0.2, 0) is 6.54 Å². The molecule has 2 aromatic heterocycles. The summed E-state index contributed by atoms with van der Waals surface area (Å²) < 4.78 is 0.629. The van der Waals surface area contributed by atoms with Gasteiger partial charge in [-0.05, 0) is 40.5 Å². The van der Waals surface area contributed by atoms with Crippen molar-refractivity contribution in [1.82, 2.24) is 9.97 Å². The minimum Gasteiger partial charge on any atom is -0.478 e. The summed E-state index contributed by atoms with van der Waals surface area (Å²) in [7, 11) is 0. The molecule has 0 saturated heterocycles. The van der Waals surface area contributed by atoms with Crippen LogP contribution in [0, 0.1) is 6.92 Å². The van der Waals surface area contributed by atoms with E-state index < -0.39 is 5.97 Å². The fourth-order valence-corrected chi connectivity index (χ4v) is 1.95. The highest BCUT2D eigenvalue weighted by Crippen LogP contribution is 2.18. The molecule has 0 bridgehead atoms. The maximum Gasteiger partial charge on any atom is 0.339 e. The lowest BCUT2D eigenvalue weighted by Crippen LogP contribution is -2.10. The number of hydrogen-bond donors (Lipinski definition) is 2. The third-order valence-corrected chi connectivity index (χ3v) is 3.06. The van der Waals surface area contributed by atoms with Gasteiger partial charge >= 0.3 is 5.97 Å². The average molecular weight is 322 g/mol. The van der Waals surface area contributed by atoms with Crippen LogP contribution >= 0.6 is 15.9 Å². The van der Waals surface area contributed by atoms with Gasteiger partial charge in [-0.3, -0.25) is 4.98 Å². The van der Waals surface area contributed by atoms with Crippen LogP contribution in [-0.4, -0.2) is 21.0 Å². The molecule has 0 spiro atoms. The molecule has 0 atom stereocenters. The number of nitrogens with one attached hydrogen (secondary N) is 1. The summed E-state index contributed by atoms with van der Waals surface area (Å²) in [5.41, 5.74) is 2.04. The van der Waals surface area contributed by atoms with Gasteiger partial charge < -0.3 is 10.4 Å². The van der Waals surface area contributed by atoms with Gasteiger partial charge in [0.15, 0.2) is 0 Å². The third kappa shape index (κ3) is 3.29. The summed E-state index contributed by atoms with van der Waals surface area (Å²) in [6.07, 6.45) is 3.26. The number of carboxylic acid groups (broad SMARTS) is 1. The van der Waals surface area contributed by atoms with Crippen molar-refractivity contribution in [1.29, 1.82) is 0 Å². The van der Waals surface area contributed by atoms with Gasteiger partial charge in [0.05, 0.1) is 12.2 Å². The highest BCUT2D eigenvalue weighted by atomic mass is 79.9. The zero-order valence-electron chi connectivity index (χ0n) is 10.2. The Kier molecular flexibility index (Phi) is 4.11. The smallest absolute Gasteiger partial charge is 0.339 e. The van der Waals surface area contributed by atoms with Crippen LogP contribution in [0.5, 0.6) is 0 Å². The normalized spacial score (nSPS) is 10.2. The van der Waals surface area contributed by atoms with Crippen LogP contribution in [0.2, 0.25) is 0 Å². The van der Waals surface area contributed by atoms with Gasteiger partial charge in [-0.25, -0.2) is 9.78 Å². The molecule has 0 aliphatic rings. The topological polar surface area (TPSA) is 75.1 Å². The Labute approximate surface area is 118 Å². The lowest BCUT2D eigenvalue weighted by Gasteiger charge is -2.09. The van der Waals surface area contributed by atoms with Crippen molar-refractivity contribution in [2.75, 3.05) is 5.32 Å². The van der Waals surface area contributed by atoms with Crippen molar-refractivity contribution < 1.29 is 9.90 Å². The van der Waals surface area contributed by atoms with Crippen LogP contribution in [0.1, 0.15) is 21.6 Å². The van der Waals surface area contributed by atoms with Gasteiger partial charge in [0.25, 0.3) is 0 Å². The highest BCUT2D eigenvalue weighted by molar-refractivity contribution is 9.10. The molecule has 0 radical (unpaired) electrons. The summed E-state index contributed by atoms with van der Waals surface area (Å²) in [5.74, 6) is -0.685. The number of anilines is 1. The van der Waals surface area contributed by atoms with Gasteiger partial charge in [-0.1, -0.05) is 6.07 Å². The Morgan fingerprint density at radius 1 is 1.47 bits per heavy atom. The van der Waals surface area contributed by atoms with E-state index >= 15 is 0 Å². The predicted octanol–water partition coefficient (Wildman–Crippen LogP) is 2.86. The maximum atomic E-state index is 11.1. The number of rotatable bonds is 4. The first-order valence-corrected chi connectivity index (χ1v) is 6.40. The summed E-state index contributed by atoms with van der Waals surface area (Å²) >= 11 is 3.21. The second-order valence-corrected chi connectivity index (χ2v) is 4.89. The van der Waals surface area contributed by atoms with E-state index in [2.05, 4.69) is 31.2 Å². The van der Waals surface area contributed by atoms with Gasteiger partial charge in [0, 0.05) is 16.9 Å². The van der Waals surface area contributed by atoms with Crippen LogP contribution < -0.4 is 5.32 Å². The summed E-state index contributed by atoms with van der Waals surface area (Å²) in [4.78, 5) is 19.5. The molecule has 6 heteroatoms. The standard InChI is InChI=1S/C13H12BrN3O2/c1-8-3-2-4-15-11(8)7-17-12-10(13(18)19)5-9(14)6-16-12/h2-6H,7H2,1H3,(H,16,17)(H,18,19). The van der Waals surface area contributed by atoms with Crippen molar-refractivity contribution >= 4 is 27.7 Å². The Balaban J connectivity index is 2.20. The molecule has 19 heavy (non-hydrogen) atoms. The summed E-state index contributed by atoms with van der Waals surface area (Å²) in [6.45, 7) is 2.39. The minimum absolute atomic E-state index is 0.128. The molecule has 0 amide bonds. The fourth-order valence-electron chi connectivity index (χ4n) is 1.61. The molecular formula is C13H12BrN3O2. The molecular weight excluding hydrogens is 310 g/mol. The molecule has 0 fully saturated rings. The Hall–Kier alpha value is -1.95. The number of aromatic carboxylic acids is 1. The van der Waals surface area contributed by atoms with Gasteiger partial charge in [-0.15, -0.1) is 0 Å². The minimum atomic E-state index is -1.02. The lowest BCUT2D eigenvalue weighted by molar-refractivity contribution is 0.0697. The summed E-state index contributed by atoms with van der Waals surface area (Å²) in [5, 5.41) is 12.1. The van der Waals surface area contributed by atoms with Gasteiger partial charge in [0.2, 0.25) is 0 Å². The van der Waals surface area contributed by atoms with Crippen LogP contribution in [0.15, 0.2) is 35.1 Å². The number of pyridine rings is 2. The number of aromatic nitrogens is 2. The number of aryl methyl sites for hydroxylation is 1. The van der Waals surface area contributed by atoms with Crippen molar-refractivity contribution in [3.05, 3.63) is 51.9 Å². The van der Waals surface area contributed by atoms with Crippen molar-refractivity contribution in [2.45, 2.75) is 13.5 Å². The van der Waals surface area contributed by atoms with Crippen LogP contribution in [0.25, 0.3) is 0 Å². The average Bonchev–Trinajstić information content (AvgIpc) is 2.38.